The smallest absolute Gasteiger partial charge is 0.341 e. The van der Waals surface area contributed by atoms with Crippen molar-refractivity contribution in [3.8, 4) is 5.75 Å². The summed E-state index contributed by atoms with van der Waals surface area (Å²) in [5.41, 5.74) is 3.37. The molecule has 3 aromatic carbocycles. The van der Waals surface area contributed by atoms with Gasteiger partial charge in [0.1, 0.15) is 11.6 Å². The van der Waals surface area contributed by atoms with Crippen LogP contribution in [-0.4, -0.2) is 17.7 Å². The number of rotatable bonds is 7. The van der Waals surface area contributed by atoms with Gasteiger partial charge < -0.3 is 14.6 Å². The number of halogens is 3. The highest BCUT2D eigenvalue weighted by Crippen LogP contribution is 2.53. The SMILES string of the molecule is C=C(C)[C@H]1C[C@H](c2cccc(Cl)c2)[C@H](c2ccc(F)cc2)O[C@@H]1c1cc(Cl)ccc1OCC(=O)O. The van der Waals surface area contributed by atoms with Crippen LogP contribution in [0.25, 0.3) is 0 Å². The standard InChI is InChI=1S/C28H25Cl2FO4/c1-16(2)22-14-23(18-4-3-5-19(29)12-18)27(17-6-9-21(31)10-7-17)35-28(22)24-13-20(30)8-11-25(24)34-15-26(32)33/h3-13,22-23,27-28H,1,14-15H2,2H3,(H,32,33)/t22-,23-,27+,28+/m1/s1. The van der Waals surface area contributed by atoms with E-state index in [4.69, 9.17) is 37.8 Å². The highest BCUT2D eigenvalue weighted by Gasteiger charge is 2.41. The van der Waals surface area contributed by atoms with Gasteiger partial charge in [-0.05, 0) is 66.9 Å². The fraction of sp³-hybridized carbons (Fsp3) is 0.250. The maximum absolute atomic E-state index is 13.7. The van der Waals surface area contributed by atoms with Crippen LogP contribution < -0.4 is 4.74 Å². The van der Waals surface area contributed by atoms with Crippen LogP contribution in [-0.2, 0) is 9.53 Å². The predicted molar refractivity (Wildman–Crippen MR) is 135 cm³/mol. The molecule has 3 aromatic rings. The third-order valence-electron chi connectivity index (χ3n) is 6.27. The summed E-state index contributed by atoms with van der Waals surface area (Å²) in [5.74, 6) is -1.25. The van der Waals surface area contributed by atoms with Gasteiger partial charge in [0.05, 0.1) is 12.2 Å². The Morgan fingerprint density at radius 2 is 1.77 bits per heavy atom. The summed E-state index contributed by atoms with van der Waals surface area (Å²) in [6, 6.07) is 18.9. The minimum atomic E-state index is -1.09. The largest absolute Gasteiger partial charge is 0.482 e. The summed E-state index contributed by atoms with van der Waals surface area (Å²) in [6.07, 6.45) is -0.269. The van der Waals surface area contributed by atoms with Gasteiger partial charge in [-0.2, -0.15) is 0 Å². The van der Waals surface area contributed by atoms with Crippen molar-refractivity contribution in [1.82, 2.24) is 0 Å². The van der Waals surface area contributed by atoms with Gasteiger partial charge >= 0.3 is 5.97 Å². The molecular weight excluding hydrogens is 490 g/mol. The first-order chi connectivity index (χ1) is 16.7. The monoisotopic (exact) mass is 514 g/mol. The van der Waals surface area contributed by atoms with Crippen molar-refractivity contribution in [1.29, 1.82) is 0 Å². The molecule has 1 N–H and O–H groups in total. The van der Waals surface area contributed by atoms with Crippen molar-refractivity contribution >= 4 is 29.2 Å². The summed E-state index contributed by atoms with van der Waals surface area (Å²) < 4.78 is 26.1. The summed E-state index contributed by atoms with van der Waals surface area (Å²) in [6.45, 7) is 5.66. The molecule has 0 saturated carbocycles. The van der Waals surface area contributed by atoms with Crippen LogP contribution in [0, 0.1) is 11.7 Å². The number of hydrogen-bond donors (Lipinski definition) is 1. The summed E-state index contributed by atoms with van der Waals surface area (Å²) in [5, 5.41) is 10.2. The van der Waals surface area contributed by atoms with E-state index in [9.17, 15) is 9.18 Å². The molecule has 0 bridgehead atoms. The minimum Gasteiger partial charge on any atom is -0.482 e. The van der Waals surface area contributed by atoms with E-state index in [1.54, 1.807) is 30.3 Å². The van der Waals surface area contributed by atoms with Crippen molar-refractivity contribution in [3.63, 3.8) is 0 Å². The molecule has 7 heteroatoms. The second-order valence-corrected chi connectivity index (χ2v) is 9.62. The molecule has 4 nitrogen and oxygen atoms in total. The molecule has 4 rings (SSSR count). The summed E-state index contributed by atoms with van der Waals surface area (Å²) in [7, 11) is 0. The van der Waals surface area contributed by atoms with E-state index >= 15 is 0 Å². The van der Waals surface area contributed by atoms with Crippen LogP contribution in [0.1, 0.15) is 48.2 Å². The Labute approximate surface area is 213 Å². The van der Waals surface area contributed by atoms with Crippen molar-refractivity contribution in [2.75, 3.05) is 6.61 Å². The number of carboxylic acids is 1. The number of benzene rings is 3. The zero-order chi connectivity index (χ0) is 25.1. The molecule has 1 aliphatic heterocycles. The highest BCUT2D eigenvalue weighted by molar-refractivity contribution is 6.31. The van der Waals surface area contributed by atoms with Crippen LogP contribution in [0.15, 0.2) is 78.9 Å². The van der Waals surface area contributed by atoms with E-state index in [-0.39, 0.29) is 17.7 Å². The lowest BCUT2D eigenvalue weighted by Crippen LogP contribution is -2.32. The van der Waals surface area contributed by atoms with Crippen molar-refractivity contribution in [2.24, 2.45) is 5.92 Å². The lowest BCUT2D eigenvalue weighted by molar-refractivity contribution is -0.139. The van der Waals surface area contributed by atoms with Gasteiger partial charge in [-0.25, -0.2) is 9.18 Å². The third-order valence-corrected chi connectivity index (χ3v) is 6.74. The van der Waals surface area contributed by atoms with Crippen LogP contribution >= 0.6 is 23.2 Å². The van der Waals surface area contributed by atoms with Crippen molar-refractivity contribution < 1.29 is 23.8 Å². The van der Waals surface area contributed by atoms with Gasteiger partial charge in [0.25, 0.3) is 0 Å². The molecule has 35 heavy (non-hydrogen) atoms. The molecule has 1 aliphatic rings. The Hall–Kier alpha value is -2.86. The Balaban J connectivity index is 1.81. The van der Waals surface area contributed by atoms with Gasteiger partial charge in [0.15, 0.2) is 6.61 Å². The second-order valence-electron chi connectivity index (χ2n) is 8.74. The Morgan fingerprint density at radius 1 is 1.06 bits per heavy atom. The van der Waals surface area contributed by atoms with E-state index in [0.717, 1.165) is 16.7 Å². The first-order valence-electron chi connectivity index (χ1n) is 11.2. The van der Waals surface area contributed by atoms with Crippen molar-refractivity contribution in [3.05, 3.63) is 111 Å². The molecule has 4 atom stereocenters. The fourth-order valence-corrected chi connectivity index (χ4v) is 5.02. The maximum atomic E-state index is 13.7. The van der Waals surface area contributed by atoms with E-state index < -0.39 is 24.8 Å². The highest BCUT2D eigenvalue weighted by atomic mass is 35.5. The average molecular weight is 515 g/mol. The molecule has 1 saturated heterocycles. The lowest BCUT2D eigenvalue weighted by Gasteiger charge is -2.43. The Kier molecular flexibility index (Phi) is 7.80. The topological polar surface area (TPSA) is 55.8 Å². The number of carboxylic acid groups (broad SMARTS) is 1. The fourth-order valence-electron chi connectivity index (χ4n) is 4.64. The summed E-state index contributed by atoms with van der Waals surface area (Å²) >= 11 is 12.6. The molecule has 0 unspecified atom stereocenters. The van der Waals surface area contributed by atoms with Gasteiger partial charge in [0.2, 0.25) is 0 Å². The first-order valence-corrected chi connectivity index (χ1v) is 11.9. The number of aliphatic carboxylic acids is 1. The zero-order valence-corrected chi connectivity index (χ0v) is 20.6. The van der Waals surface area contributed by atoms with Gasteiger partial charge in [0, 0.05) is 27.4 Å². The van der Waals surface area contributed by atoms with Crippen LogP contribution in [0.5, 0.6) is 5.75 Å². The van der Waals surface area contributed by atoms with Crippen molar-refractivity contribution in [2.45, 2.75) is 31.5 Å². The number of hydrogen-bond acceptors (Lipinski definition) is 3. The minimum absolute atomic E-state index is 0.0836. The number of ether oxygens (including phenoxy) is 2. The normalized spacial score (nSPS) is 21.9. The van der Waals surface area contributed by atoms with Crippen LogP contribution in [0.2, 0.25) is 10.0 Å². The second kappa shape index (κ2) is 10.8. The molecule has 0 radical (unpaired) electrons. The molecule has 0 amide bonds. The molecule has 1 fully saturated rings. The van der Waals surface area contributed by atoms with E-state index in [1.807, 2.05) is 31.2 Å². The summed E-state index contributed by atoms with van der Waals surface area (Å²) in [4.78, 5) is 11.2. The lowest BCUT2D eigenvalue weighted by atomic mass is 9.74. The predicted octanol–water partition coefficient (Wildman–Crippen LogP) is 7.77. The first kappa shape index (κ1) is 25.2. The average Bonchev–Trinajstić information content (AvgIpc) is 2.83. The van der Waals surface area contributed by atoms with Gasteiger partial charge in [-0.3, -0.25) is 0 Å². The number of carbonyl (C=O) groups is 1. The van der Waals surface area contributed by atoms with Gasteiger partial charge in [-0.1, -0.05) is 59.6 Å². The molecule has 0 aromatic heterocycles. The maximum Gasteiger partial charge on any atom is 0.341 e. The van der Waals surface area contributed by atoms with Gasteiger partial charge in [-0.15, -0.1) is 0 Å². The molecule has 1 heterocycles. The molecule has 0 spiro atoms. The molecule has 0 aliphatic carbocycles. The Bertz CT molecular complexity index is 1230. The quantitative estimate of drug-likeness (QED) is 0.327. The zero-order valence-electron chi connectivity index (χ0n) is 19.1. The van der Waals surface area contributed by atoms with E-state index in [2.05, 4.69) is 6.58 Å². The molecular formula is C28H25Cl2FO4. The van der Waals surface area contributed by atoms with E-state index in [1.165, 1.54) is 12.1 Å². The Morgan fingerprint density at radius 3 is 2.43 bits per heavy atom. The molecule has 182 valence electrons. The van der Waals surface area contributed by atoms with Crippen LogP contribution in [0.3, 0.4) is 0 Å². The van der Waals surface area contributed by atoms with E-state index in [0.29, 0.717) is 27.8 Å². The third kappa shape index (κ3) is 5.87. The van der Waals surface area contributed by atoms with Crippen LogP contribution in [0.4, 0.5) is 4.39 Å².